The monoisotopic (exact) mass is 241 g/mol. The Morgan fingerprint density at radius 1 is 1.35 bits per heavy atom. The summed E-state index contributed by atoms with van der Waals surface area (Å²) >= 11 is 0. The summed E-state index contributed by atoms with van der Waals surface area (Å²) in [5.74, 6) is -0.784. The van der Waals surface area contributed by atoms with Gasteiger partial charge in [-0.1, -0.05) is 0 Å². The van der Waals surface area contributed by atoms with E-state index < -0.39 is 12.3 Å². The number of carbonyl (C=O) groups excluding carboxylic acids is 1. The lowest BCUT2D eigenvalue weighted by Crippen LogP contribution is -1.83. The molecule has 0 spiro atoms. The number of hydrogen-bond acceptors (Lipinski definition) is 4. The maximum Gasteiger partial charge on any atom is 0.314 e. The minimum absolute atomic E-state index is 0.0472. The van der Waals surface area contributed by atoms with E-state index in [4.69, 9.17) is 4.42 Å². The van der Waals surface area contributed by atoms with Crippen LogP contribution in [0.2, 0.25) is 0 Å². The Kier molecular flexibility index (Phi) is 2.74. The minimum Gasteiger partial charge on any atom is -0.414 e. The number of rotatable bonds is 3. The first kappa shape index (κ1) is 11.4. The van der Waals surface area contributed by atoms with Crippen LogP contribution in [0.1, 0.15) is 33.9 Å². The van der Waals surface area contributed by atoms with E-state index in [-0.39, 0.29) is 5.89 Å². The summed E-state index contributed by atoms with van der Waals surface area (Å²) in [5.41, 5.74) is 2.09. The van der Waals surface area contributed by atoms with E-state index in [0.29, 0.717) is 28.8 Å². The normalized spacial score (nSPS) is 11.1. The molecule has 17 heavy (non-hydrogen) atoms. The molecule has 0 unspecified atom stereocenters. The lowest BCUT2D eigenvalue weighted by atomic mass is 10.1. The zero-order valence-corrected chi connectivity index (χ0v) is 9.12. The first-order valence-electron chi connectivity index (χ1n) is 4.80. The van der Waals surface area contributed by atoms with Crippen LogP contribution in [-0.4, -0.2) is 21.5 Å². The van der Waals surface area contributed by atoms with Gasteiger partial charge in [0.2, 0.25) is 0 Å². The number of hydrogen-bond donors (Lipinski definition) is 1. The third-order valence-corrected chi connectivity index (χ3v) is 2.45. The van der Waals surface area contributed by atoms with Crippen molar-refractivity contribution >= 4 is 6.29 Å². The zero-order valence-electron chi connectivity index (χ0n) is 9.12. The predicted molar refractivity (Wildman–Crippen MR) is 53.9 cm³/mol. The Hall–Kier alpha value is -2.05. The summed E-state index contributed by atoms with van der Waals surface area (Å²) in [7, 11) is 0. The van der Waals surface area contributed by atoms with Crippen LogP contribution >= 0.6 is 0 Å². The van der Waals surface area contributed by atoms with E-state index >= 15 is 0 Å². The number of aromatic nitrogens is 3. The van der Waals surface area contributed by atoms with Crippen LogP contribution in [0.5, 0.6) is 0 Å². The van der Waals surface area contributed by atoms with Gasteiger partial charge in [0, 0.05) is 11.3 Å². The first-order chi connectivity index (χ1) is 8.04. The van der Waals surface area contributed by atoms with Crippen LogP contribution in [0.4, 0.5) is 8.78 Å². The van der Waals surface area contributed by atoms with Crippen LogP contribution in [0.3, 0.4) is 0 Å². The number of aromatic amines is 1. The average Bonchev–Trinajstić information content (AvgIpc) is 2.84. The third kappa shape index (κ3) is 1.83. The molecule has 0 fully saturated rings. The molecule has 0 bridgehead atoms. The molecule has 7 heteroatoms. The predicted octanol–water partition coefficient (Wildman–Crippen LogP) is 2.43. The van der Waals surface area contributed by atoms with Crippen molar-refractivity contribution in [3.05, 3.63) is 22.7 Å². The van der Waals surface area contributed by atoms with Crippen LogP contribution < -0.4 is 0 Å². The fraction of sp³-hybridized carbons (Fsp3) is 0.300. The van der Waals surface area contributed by atoms with Crippen molar-refractivity contribution < 1.29 is 18.0 Å². The standard InChI is InChI=1S/C10H9F2N3O2/c1-4-6(3-16)5(2)13-7(4)9-14-15-10(17-9)8(11)12/h3,8,13H,1-2H3. The highest BCUT2D eigenvalue weighted by Gasteiger charge is 2.20. The van der Waals surface area contributed by atoms with Gasteiger partial charge in [-0.05, 0) is 19.4 Å². The fourth-order valence-corrected chi connectivity index (χ4v) is 1.58. The van der Waals surface area contributed by atoms with Crippen LogP contribution in [0, 0.1) is 13.8 Å². The van der Waals surface area contributed by atoms with Crippen LogP contribution in [-0.2, 0) is 0 Å². The number of aryl methyl sites for hydroxylation is 1. The quantitative estimate of drug-likeness (QED) is 0.837. The summed E-state index contributed by atoms with van der Waals surface area (Å²) in [6.45, 7) is 3.37. The molecule has 0 aliphatic rings. The largest absolute Gasteiger partial charge is 0.414 e. The van der Waals surface area contributed by atoms with E-state index in [1.165, 1.54) is 0 Å². The number of alkyl halides is 2. The van der Waals surface area contributed by atoms with Crippen molar-refractivity contribution in [1.82, 2.24) is 15.2 Å². The summed E-state index contributed by atoms with van der Waals surface area (Å²) in [4.78, 5) is 13.7. The molecular formula is C10H9F2N3O2. The Bertz CT molecular complexity index is 560. The van der Waals surface area contributed by atoms with E-state index in [0.717, 1.165) is 0 Å². The topological polar surface area (TPSA) is 71.8 Å². The highest BCUT2D eigenvalue weighted by molar-refractivity contribution is 5.82. The summed E-state index contributed by atoms with van der Waals surface area (Å²) in [6, 6.07) is 0. The minimum atomic E-state index is -2.81. The fourth-order valence-electron chi connectivity index (χ4n) is 1.58. The lowest BCUT2D eigenvalue weighted by Gasteiger charge is -1.92. The molecule has 0 aliphatic carbocycles. The van der Waals surface area contributed by atoms with Gasteiger partial charge in [0.05, 0.1) is 0 Å². The molecule has 0 aromatic carbocycles. The van der Waals surface area contributed by atoms with Crippen molar-refractivity contribution in [1.29, 1.82) is 0 Å². The number of nitrogens with one attached hydrogen (secondary N) is 1. The molecule has 90 valence electrons. The van der Waals surface area contributed by atoms with Crippen molar-refractivity contribution in [3.63, 3.8) is 0 Å². The highest BCUT2D eigenvalue weighted by atomic mass is 19.3. The highest BCUT2D eigenvalue weighted by Crippen LogP contribution is 2.27. The molecule has 0 saturated heterocycles. The first-order valence-corrected chi connectivity index (χ1v) is 4.80. The molecule has 5 nitrogen and oxygen atoms in total. The van der Waals surface area contributed by atoms with Crippen molar-refractivity contribution in [3.8, 4) is 11.6 Å². The van der Waals surface area contributed by atoms with Gasteiger partial charge in [-0.2, -0.15) is 8.78 Å². The smallest absolute Gasteiger partial charge is 0.314 e. The number of nitrogens with zero attached hydrogens (tertiary/aromatic N) is 2. The molecule has 2 rings (SSSR count). The summed E-state index contributed by atoms with van der Waals surface area (Å²) in [5, 5.41) is 6.74. The second-order valence-electron chi connectivity index (χ2n) is 3.53. The maximum atomic E-state index is 12.3. The van der Waals surface area contributed by atoms with Gasteiger partial charge < -0.3 is 9.40 Å². The van der Waals surface area contributed by atoms with Gasteiger partial charge in [-0.25, -0.2) is 0 Å². The average molecular weight is 241 g/mol. The molecule has 1 N–H and O–H groups in total. The van der Waals surface area contributed by atoms with Crippen LogP contribution in [0.25, 0.3) is 11.6 Å². The number of H-pyrrole nitrogens is 1. The molecule has 2 heterocycles. The van der Waals surface area contributed by atoms with Gasteiger partial charge in [0.25, 0.3) is 11.8 Å². The van der Waals surface area contributed by atoms with Gasteiger partial charge in [-0.3, -0.25) is 4.79 Å². The maximum absolute atomic E-state index is 12.3. The Labute approximate surface area is 94.9 Å². The van der Waals surface area contributed by atoms with E-state index in [2.05, 4.69) is 15.2 Å². The Morgan fingerprint density at radius 3 is 2.53 bits per heavy atom. The second-order valence-corrected chi connectivity index (χ2v) is 3.53. The molecule has 0 saturated carbocycles. The molecule has 2 aromatic rings. The van der Waals surface area contributed by atoms with Gasteiger partial charge in [0.15, 0.2) is 6.29 Å². The second kappa shape index (κ2) is 4.08. The number of aldehydes is 1. The van der Waals surface area contributed by atoms with Crippen molar-refractivity contribution in [2.45, 2.75) is 20.3 Å². The Morgan fingerprint density at radius 2 is 2.06 bits per heavy atom. The van der Waals surface area contributed by atoms with Crippen molar-refractivity contribution in [2.75, 3.05) is 0 Å². The molecule has 0 amide bonds. The lowest BCUT2D eigenvalue weighted by molar-refractivity contribution is 0.112. The van der Waals surface area contributed by atoms with Gasteiger partial charge in [-0.15, -0.1) is 10.2 Å². The van der Waals surface area contributed by atoms with Gasteiger partial charge in [0.1, 0.15) is 5.69 Å². The Balaban J connectivity index is 2.49. The van der Waals surface area contributed by atoms with E-state index in [9.17, 15) is 13.6 Å². The molecular weight excluding hydrogens is 232 g/mol. The third-order valence-electron chi connectivity index (χ3n) is 2.45. The summed E-state index contributed by atoms with van der Waals surface area (Å²) < 4.78 is 29.4. The zero-order chi connectivity index (χ0) is 12.6. The SMILES string of the molecule is Cc1[nH]c(-c2nnc(C(F)F)o2)c(C)c1C=O. The molecule has 2 aromatic heterocycles. The van der Waals surface area contributed by atoms with Crippen LogP contribution in [0.15, 0.2) is 4.42 Å². The molecule has 0 atom stereocenters. The number of carbonyl (C=O) groups is 1. The molecule has 0 radical (unpaired) electrons. The van der Waals surface area contributed by atoms with E-state index in [1.807, 2.05) is 0 Å². The number of halogens is 2. The van der Waals surface area contributed by atoms with Crippen molar-refractivity contribution in [2.24, 2.45) is 0 Å². The van der Waals surface area contributed by atoms with Gasteiger partial charge >= 0.3 is 6.43 Å². The molecule has 0 aliphatic heterocycles. The van der Waals surface area contributed by atoms with E-state index in [1.54, 1.807) is 13.8 Å². The summed E-state index contributed by atoms with van der Waals surface area (Å²) in [6.07, 6.45) is -2.12.